The van der Waals surface area contributed by atoms with Gasteiger partial charge in [0.15, 0.2) is 5.78 Å². The van der Waals surface area contributed by atoms with Gasteiger partial charge in [-0.15, -0.1) is 0 Å². The van der Waals surface area contributed by atoms with E-state index >= 15 is 0 Å². The first-order valence-electron chi connectivity index (χ1n) is 10.00. The van der Waals surface area contributed by atoms with Gasteiger partial charge in [-0.2, -0.15) is 0 Å². The summed E-state index contributed by atoms with van der Waals surface area (Å²) in [7, 11) is 0. The first-order valence-corrected chi connectivity index (χ1v) is 10.00. The minimum absolute atomic E-state index is 0.0493. The predicted molar refractivity (Wildman–Crippen MR) is 115 cm³/mol. The molecule has 3 aromatic carbocycles. The van der Waals surface area contributed by atoms with Gasteiger partial charge in [0, 0.05) is 17.7 Å². The van der Waals surface area contributed by atoms with E-state index in [4.69, 9.17) is 0 Å². The molecular weight excluding hydrogens is 360 g/mol. The smallest absolute Gasteiger partial charge is 0.241 e. The number of para-hydroxylation sites is 1. The van der Waals surface area contributed by atoms with Crippen LogP contribution in [0.4, 0.5) is 5.69 Å². The molecule has 3 aromatic rings. The van der Waals surface area contributed by atoms with Crippen molar-refractivity contribution in [1.29, 1.82) is 0 Å². The van der Waals surface area contributed by atoms with Crippen LogP contribution in [0.5, 0.6) is 0 Å². The third-order valence-electron chi connectivity index (χ3n) is 5.36. The second-order valence-corrected chi connectivity index (χ2v) is 7.34. The van der Waals surface area contributed by atoms with Crippen LogP contribution in [-0.4, -0.2) is 29.2 Å². The Kier molecular flexibility index (Phi) is 5.82. The summed E-state index contributed by atoms with van der Waals surface area (Å²) in [4.78, 5) is 28.2. The fourth-order valence-corrected chi connectivity index (χ4v) is 3.88. The van der Waals surface area contributed by atoms with Crippen molar-refractivity contribution < 1.29 is 9.59 Å². The van der Waals surface area contributed by atoms with Crippen molar-refractivity contribution in [2.75, 3.05) is 11.9 Å². The largest absolute Gasteiger partial charge is 0.324 e. The number of carbonyl (C=O) groups is 2. The Hall–Kier alpha value is -3.24. The normalized spacial score (nSPS) is 16.5. The van der Waals surface area contributed by atoms with E-state index in [1.807, 2.05) is 48.5 Å². The van der Waals surface area contributed by atoms with Crippen LogP contribution in [0.1, 0.15) is 34.3 Å². The van der Waals surface area contributed by atoms with E-state index < -0.39 is 0 Å². The molecular formula is C25H24N2O2. The molecule has 4 rings (SSSR count). The highest BCUT2D eigenvalue weighted by Gasteiger charge is 2.31. The first kappa shape index (κ1) is 19.1. The van der Waals surface area contributed by atoms with Gasteiger partial charge in [0.05, 0.1) is 11.7 Å². The van der Waals surface area contributed by atoms with E-state index in [2.05, 4.69) is 22.3 Å². The van der Waals surface area contributed by atoms with Crippen LogP contribution in [0.2, 0.25) is 0 Å². The summed E-state index contributed by atoms with van der Waals surface area (Å²) >= 11 is 0. The van der Waals surface area contributed by atoms with Gasteiger partial charge in [-0.25, -0.2) is 0 Å². The number of anilines is 1. The van der Waals surface area contributed by atoms with Gasteiger partial charge < -0.3 is 5.32 Å². The van der Waals surface area contributed by atoms with Gasteiger partial charge in [-0.05, 0) is 37.1 Å². The number of benzene rings is 3. The van der Waals surface area contributed by atoms with Crippen molar-refractivity contribution >= 4 is 17.4 Å². The minimum atomic E-state index is -0.185. The fraction of sp³-hybridized carbons (Fsp3) is 0.200. The van der Waals surface area contributed by atoms with Crippen LogP contribution in [0, 0.1) is 0 Å². The number of carbonyl (C=O) groups excluding carboxylic acids is 2. The van der Waals surface area contributed by atoms with Crippen LogP contribution in [0.3, 0.4) is 0 Å². The van der Waals surface area contributed by atoms with Crippen molar-refractivity contribution in [2.45, 2.75) is 25.4 Å². The molecule has 0 aliphatic carbocycles. The summed E-state index contributed by atoms with van der Waals surface area (Å²) in [6, 6.07) is 26.4. The number of hydrogen-bond donors (Lipinski definition) is 1. The average Bonchev–Trinajstić information content (AvgIpc) is 3.23. The molecule has 1 N–H and O–H groups in total. The molecule has 1 aliphatic heterocycles. The molecule has 29 heavy (non-hydrogen) atoms. The molecule has 0 radical (unpaired) electrons. The Morgan fingerprint density at radius 2 is 1.52 bits per heavy atom. The van der Waals surface area contributed by atoms with Crippen molar-refractivity contribution in [3.05, 3.63) is 102 Å². The molecule has 0 bridgehead atoms. The quantitative estimate of drug-likeness (QED) is 0.636. The van der Waals surface area contributed by atoms with Crippen LogP contribution >= 0.6 is 0 Å². The van der Waals surface area contributed by atoms with E-state index in [0.717, 1.165) is 25.9 Å². The lowest BCUT2D eigenvalue weighted by molar-refractivity contribution is -0.120. The minimum Gasteiger partial charge on any atom is -0.324 e. The van der Waals surface area contributed by atoms with E-state index in [1.165, 1.54) is 5.56 Å². The molecule has 1 fully saturated rings. The maximum absolute atomic E-state index is 13.1. The first-order chi connectivity index (χ1) is 14.2. The number of ketones is 1. The third-order valence-corrected chi connectivity index (χ3v) is 5.36. The molecule has 0 saturated carbocycles. The molecule has 0 aromatic heterocycles. The number of hydrogen-bond acceptors (Lipinski definition) is 3. The van der Waals surface area contributed by atoms with E-state index in [-0.39, 0.29) is 17.7 Å². The lowest BCUT2D eigenvalue weighted by Crippen LogP contribution is -2.39. The summed E-state index contributed by atoms with van der Waals surface area (Å²) in [5.41, 5.74) is 2.89. The third kappa shape index (κ3) is 4.44. The molecule has 1 amide bonds. The van der Waals surface area contributed by atoms with Gasteiger partial charge in [0.1, 0.15) is 0 Å². The van der Waals surface area contributed by atoms with Crippen molar-refractivity contribution in [3.8, 4) is 0 Å². The number of nitrogens with zero attached hydrogens (tertiary/aromatic N) is 1. The van der Waals surface area contributed by atoms with Crippen molar-refractivity contribution in [1.82, 2.24) is 4.90 Å². The Balaban J connectivity index is 1.50. The topological polar surface area (TPSA) is 49.4 Å². The summed E-state index contributed by atoms with van der Waals surface area (Å²) < 4.78 is 0. The highest BCUT2D eigenvalue weighted by molar-refractivity contribution is 6.14. The molecule has 0 spiro atoms. The monoisotopic (exact) mass is 384 g/mol. The highest BCUT2D eigenvalue weighted by Crippen LogP contribution is 2.24. The maximum atomic E-state index is 13.1. The van der Waals surface area contributed by atoms with Crippen LogP contribution < -0.4 is 5.32 Å². The summed E-state index contributed by atoms with van der Waals surface area (Å²) in [6.07, 6.45) is 1.82. The van der Waals surface area contributed by atoms with Gasteiger partial charge in [0.2, 0.25) is 5.91 Å². The van der Waals surface area contributed by atoms with Gasteiger partial charge in [-0.1, -0.05) is 72.8 Å². The molecule has 1 atom stereocenters. The van der Waals surface area contributed by atoms with Crippen LogP contribution in [0.15, 0.2) is 84.9 Å². The Bertz CT molecular complexity index is 986. The zero-order valence-corrected chi connectivity index (χ0v) is 16.3. The molecule has 0 unspecified atom stereocenters. The number of amides is 1. The standard InChI is InChI=1S/C25H24N2O2/c28-24(20-12-5-2-6-13-20)21-14-7-8-15-22(21)26-25(29)23-16-9-17-27(23)18-19-10-3-1-4-11-19/h1-8,10-15,23H,9,16-18H2,(H,26,29)/t23-/m1/s1. The van der Waals surface area contributed by atoms with E-state index in [9.17, 15) is 9.59 Å². The number of nitrogens with one attached hydrogen (secondary N) is 1. The SMILES string of the molecule is O=C(c1ccccc1)c1ccccc1NC(=O)[C@H]1CCCN1Cc1ccccc1. The predicted octanol–water partition coefficient (Wildman–Crippen LogP) is 4.52. The van der Waals surface area contributed by atoms with Crippen LogP contribution in [-0.2, 0) is 11.3 Å². The summed E-state index contributed by atoms with van der Waals surface area (Å²) in [6.45, 7) is 1.65. The van der Waals surface area contributed by atoms with Gasteiger partial charge in [-0.3, -0.25) is 14.5 Å². The lowest BCUT2D eigenvalue weighted by atomic mass is 10.0. The molecule has 1 saturated heterocycles. The lowest BCUT2D eigenvalue weighted by Gasteiger charge is -2.24. The Morgan fingerprint density at radius 1 is 0.862 bits per heavy atom. The highest BCUT2D eigenvalue weighted by atomic mass is 16.2. The van der Waals surface area contributed by atoms with Gasteiger partial charge in [0.25, 0.3) is 0 Å². The maximum Gasteiger partial charge on any atom is 0.241 e. The summed E-state index contributed by atoms with van der Waals surface area (Å²) in [5.74, 6) is -0.138. The molecule has 146 valence electrons. The van der Waals surface area contributed by atoms with Crippen molar-refractivity contribution in [2.24, 2.45) is 0 Å². The fourth-order valence-electron chi connectivity index (χ4n) is 3.88. The Labute approximate surface area is 171 Å². The molecule has 1 heterocycles. The van der Waals surface area contributed by atoms with Crippen LogP contribution in [0.25, 0.3) is 0 Å². The molecule has 1 aliphatic rings. The second-order valence-electron chi connectivity index (χ2n) is 7.34. The van der Waals surface area contributed by atoms with Crippen molar-refractivity contribution in [3.63, 3.8) is 0 Å². The van der Waals surface area contributed by atoms with E-state index in [0.29, 0.717) is 16.8 Å². The number of rotatable bonds is 6. The molecule has 4 nitrogen and oxygen atoms in total. The van der Waals surface area contributed by atoms with Gasteiger partial charge >= 0.3 is 0 Å². The summed E-state index contributed by atoms with van der Waals surface area (Å²) in [5, 5.41) is 3.02. The second kappa shape index (κ2) is 8.84. The Morgan fingerprint density at radius 3 is 2.28 bits per heavy atom. The number of likely N-dealkylation sites (tertiary alicyclic amines) is 1. The zero-order chi connectivity index (χ0) is 20.1. The zero-order valence-electron chi connectivity index (χ0n) is 16.3. The average molecular weight is 384 g/mol. The molecule has 4 heteroatoms. The van der Waals surface area contributed by atoms with E-state index in [1.54, 1.807) is 24.3 Å².